The minimum Gasteiger partial charge on any atom is -0.378 e. The number of nitrogens with one attached hydrogen (secondary N) is 2. The van der Waals surface area contributed by atoms with Crippen LogP contribution in [-0.2, 0) is 9.53 Å². The second kappa shape index (κ2) is 7.78. The van der Waals surface area contributed by atoms with E-state index in [0.29, 0.717) is 32.2 Å². The summed E-state index contributed by atoms with van der Waals surface area (Å²) in [5.74, 6) is 1.000. The third-order valence-electron chi connectivity index (χ3n) is 2.90. The summed E-state index contributed by atoms with van der Waals surface area (Å²) >= 11 is 0. The number of guanidine groups is 1. The summed E-state index contributed by atoms with van der Waals surface area (Å²) in [6.45, 7) is 6.27. The highest BCUT2D eigenvalue weighted by Gasteiger charge is 2.17. The lowest BCUT2D eigenvalue weighted by molar-refractivity contribution is -0.135. The van der Waals surface area contributed by atoms with Crippen LogP contribution in [0.3, 0.4) is 0 Å². The lowest BCUT2D eigenvalue weighted by Gasteiger charge is -2.26. The van der Waals surface area contributed by atoms with Gasteiger partial charge in [-0.25, -0.2) is 0 Å². The fourth-order valence-corrected chi connectivity index (χ4v) is 1.92. The molecule has 6 nitrogen and oxygen atoms in total. The highest BCUT2D eigenvalue weighted by atomic mass is 127. The summed E-state index contributed by atoms with van der Waals surface area (Å²) in [7, 11) is 0. The van der Waals surface area contributed by atoms with Gasteiger partial charge in [-0.05, 0) is 6.92 Å². The van der Waals surface area contributed by atoms with Crippen LogP contribution < -0.4 is 10.6 Å². The van der Waals surface area contributed by atoms with Gasteiger partial charge in [-0.2, -0.15) is 0 Å². The van der Waals surface area contributed by atoms with Gasteiger partial charge in [0.15, 0.2) is 5.96 Å². The molecule has 2 rings (SSSR count). The van der Waals surface area contributed by atoms with E-state index in [1.54, 1.807) is 0 Å². The Morgan fingerprint density at radius 1 is 1.56 bits per heavy atom. The molecule has 104 valence electrons. The lowest BCUT2D eigenvalue weighted by atomic mass is 10.3. The Bertz CT molecular complexity index is 305. The van der Waals surface area contributed by atoms with E-state index in [1.165, 1.54) is 0 Å². The molecule has 2 heterocycles. The Labute approximate surface area is 125 Å². The molecule has 2 aliphatic heterocycles. The van der Waals surface area contributed by atoms with Crippen LogP contribution in [0.1, 0.15) is 13.3 Å². The molecular weight excluding hydrogens is 347 g/mol. The van der Waals surface area contributed by atoms with E-state index in [-0.39, 0.29) is 29.9 Å². The summed E-state index contributed by atoms with van der Waals surface area (Å²) in [5.41, 5.74) is 0. The van der Waals surface area contributed by atoms with Crippen molar-refractivity contribution in [3.8, 4) is 0 Å². The van der Waals surface area contributed by atoms with Crippen LogP contribution in [0.2, 0.25) is 0 Å². The van der Waals surface area contributed by atoms with Gasteiger partial charge in [-0.3, -0.25) is 9.79 Å². The molecule has 0 aromatic heterocycles. The van der Waals surface area contributed by atoms with E-state index >= 15 is 0 Å². The zero-order valence-corrected chi connectivity index (χ0v) is 13.0. The Hall–Kier alpha value is -0.570. The number of aliphatic imine (C=N–C) groups is 1. The minimum atomic E-state index is 0. The predicted molar refractivity (Wildman–Crippen MR) is 80.3 cm³/mol. The van der Waals surface area contributed by atoms with E-state index < -0.39 is 0 Å². The van der Waals surface area contributed by atoms with Crippen molar-refractivity contribution in [1.29, 1.82) is 0 Å². The van der Waals surface area contributed by atoms with Gasteiger partial charge in [0.1, 0.15) is 0 Å². The fraction of sp³-hybridized carbons (Fsp3) is 0.818. The van der Waals surface area contributed by atoms with Crippen molar-refractivity contribution in [1.82, 2.24) is 15.5 Å². The first-order valence-electron chi connectivity index (χ1n) is 6.16. The summed E-state index contributed by atoms with van der Waals surface area (Å²) in [6.07, 6.45) is 0.509. The van der Waals surface area contributed by atoms with Gasteiger partial charge < -0.3 is 20.3 Å². The van der Waals surface area contributed by atoms with Gasteiger partial charge in [0.2, 0.25) is 5.91 Å². The first-order chi connectivity index (χ1) is 8.25. The van der Waals surface area contributed by atoms with Crippen LogP contribution in [0.5, 0.6) is 0 Å². The molecule has 0 aromatic carbocycles. The summed E-state index contributed by atoms with van der Waals surface area (Å²) in [4.78, 5) is 17.9. The average molecular weight is 368 g/mol. The van der Waals surface area contributed by atoms with E-state index in [0.717, 1.165) is 25.6 Å². The maximum Gasteiger partial charge on any atom is 0.224 e. The maximum absolute atomic E-state index is 11.8. The van der Waals surface area contributed by atoms with Crippen molar-refractivity contribution in [3.05, 3.63) is 0 Å². The Kier molecular flexibility index (Phi) is 6.69. The predicted octanol–water partition coefficient (Wildman–Crippen LogP) is -0.209. The van der Waals surface area contributed by atoms with E-state index in [4.69, 9.17) is 4.74 Å². The fourth-order valence-electron chi connectivity index (χ4n) is 1.92. The van der Waals surface area contributed by atoms with Gasteiger partial charge in [-0.15, -0.1) is 24.0 Å². The molecule has 0 aliphatic carbocycles. The number of carbonyl (C=O) groups excluding carboxylic acids is 1. The standard InChI is InChI=1S/C11H20N4O2.HI/c1-9-8-13-11(14-9)12-3-2-10(16)15-4-6-17-7-5-15;/h9H,2-8H2,1H3,(H2,12,13,14);1H. The molecule has 1 amide bonds. The molecular formula is C11H21IN4O2. The number of carbonyl (C=O) groups is 1. The molecule has 1 atom stereocenters. The molecule has 0 saturated carbocycles. The Morgan fingerprint density at radius 2 is 2.28 bits per heavy atom. The molecule has 1 fully saturated rings. The minimum absolute atomic E-state index is 0. The second-order valence-electron chi connectivity index (χ2n) is 4.40. The number of halogens is 1. The van der Waals surface area contributed by atoms with Crippen LogP contribution in [0.15, 0.2) is 4.99 Å². The molecule has 0 aromatic rings. The van der Waals surface area contributed by atoms with Crippen LogP contribution in [0.25, 0.3) is 0 Å². The Balaban J connectivity index is 0.00000162. The van der Waals surface area contributed by atoms with Crippen LogP contribution in [0.4, 0.5) is 0 Å². The maximum atomic E-state index is 11.8. The van der Waals surface area contributed by atoms with Gasteiger partial charge in [0.05, 0.1) is 19.8 Å². The Morgan fingerprint density at radius 3 is 2.89 bits per heavy atom. The van der Waals surface area contributed by atoms with Crippen molar-refractivity contribution in [2.24, 2.45) is 4.99 Å². The molecule has 18 heavy (non-hydrogen) atoms. The van der Waals surface area contributed by atoms with Crippen molar-refractivity contribution in [2.75, 3.05) is 39.4 Å². The average Bonchev–Trinajstić information content (AvgIpc) is 2.76. The SMILES string of the molecule is CC1CN=C(NCCC(=O)N2CCOCC2)N1.I. The third-order valence-corrected chi connectivity index (χ3v) is 2.90. The molecule has 2 N–H and O–H groups in total. The zero-order valence-electron chi connectivity index (χ0n) is 10.6. The molecule has 1 saturated heterocycles. The largest absolute Gasteiger partial charge is 0.378 e. The third kappa shape index (κ3) is 4.60. The van der Waals surface area contributed by atoms with Crippen molar-refractivity contribution in [2.45, 2.75) is 19.4 Å². The van der Waals surface area contributed by atoms with Gasteiger partial charge in [-0.1, -0.05) is 0 Å². The smallest absolute Gasteiger partial charge is 0.224 e. The van der Waals surface area contributed by atoms with Gasteiger partial charge >= 0.3 is 0 Å². The van der Waals surface area contributed by atoms with E-state index in [2.05, 4.69) is 22.5 Å². The number of morpholine rings is 1. The number of amides is 1. The molecule has 1 unspecified atom stereocenters. The number of hydrogen-bond acceptors (Lipinski definition) is 5. The second-order valence-corrected chi connectivity index (χ2v) is 4.40. The molecule has 0 bridgehead atoms. The lowest BCUT2D eigenvalue weighted by Crippen LogP contribution is -2.43. The highest BCUT2D eigenvalue weighted by Crippen LogP contribution is 1.99. The molecule has 2 aliphatic rings. The van der Waals surface area contributed by atoms with Crippen LogP contribution >= 0.6 is 24.0 Å². The number of nitrogens with zero attached hydrogens (tertiary/aromatic N) is 2. The van der Waals surface area contributed by atoms with Crippen LogP contribution in [-0.4, -0.2) is 62.2 Å². The van der Waals surface area contributed by atoms with Gasteiger partial charge in [0, 0.05) is 32.1 Å². The zero-order chi connectivity index (χ0) is 12.1. The quantitative estimate of drug-likeness (QED) is 0.677. The first-order valence-corrected chi connectivity index (χ1v) is 6.16. The summed E-state index contributed by atoms with van der Waals surface area (Å²) in [6, 6.07) is 0.396. The first kappa shape index (κ1) is 15.5. The van der Waals surface area contributed by atoms with E-state index in [9.17, 15) is 4.79 Å². The van der Waals surface area contributed by atoms with E-state index in [1.807, 2.05) is 4.90 Å². The van der Waals surface area contributed by atoms with Crippen molar-refractivity contribution >= 4 is 35.8 Å². The monoisotopic (exact) mass is 368 g/mol. The summed E-state index contributed by atoms with van der Waals surface area (Å²) in [5, 5.41) is 6.34. The highest BCUT2D eigenvalue weighted by molar-refractivity contribution is 14.0. The topological polar surface area (TPSA) is 66.0 Å². The molecule has 0 radical (unpaired) electrons. The number of ether oxygens (including phenoxy) is 1. The summed E-state index contributed by atoms with van der Waals surface area (Å²) < 4.78 is 5.21. The van der Waals surface area contributed by atoms with Crippen molar-refractivity contribution < 1.29 is 9.53 Å². The number of rotatable bonds is 3. The molecule has 0 spiro atoms. The molecule has 7 heteroatoms. The normalized spacial score (nSPS) is 22.8. The van der Waals surface area contributed by atoms with Crippen molar-refractivity contribution in [3.63, 3.8) is 0 Å². The van der Waals surface area contributed by atoms with Gasteiger partial charge in [0.25, 0.3) is 0 Å². The number of hydrogen-bond donors (Lipinski definition) is 2. The van der Waals surface area contributed by atoms with Crippen LogP contribution in [0, 0.1) is 0 Å².